The van der Waals surface area contributed by atoms with Gasteiger partial charge in [-0.3, -0.25) is 10.1 Å². The molecule has 1 saturated heterocycles. The third-order valence-electron chi connectivity index (χ3n) is 4.57. The van der Waals surface area contributed by atoms with Gasteiger partial charge in [0.2, 0.25) is 0 Å². The number of unbranched alkanes of at least 4 members (excludes halogenated alkanes) is 3. The molecule has 1 saturated carbocycles. The van der Waals surface area contributed by atoms with E-state index in [1.165, 1.54) is 25.7 Å². The molecule has 0 aromatic heterocycles. The van der Waals surface area contributed by atoms with E-state index in [0.29, 0.717) is 0 Å². The first-order chi connectivity index (χ1) is 9.20. The molecule has 0 aromatic carbocycles. The second-order valence-electron chi connectivity index (χ2n) is 5.92. The van der Waals surface area contributed by atoms with Crippen LogP contribution in [0, 0.1) is 0 Å². The molecule has 0 aromatic rings. The minimum atomic E-state index is -0.514. The molecule has 0 bridgehead atoms. The smallest absolute Gasteiger partial charge is 0.310 e. The molecule has 1 heterocycles. The van der Waals surface area contributed by atoms with Gasteiger partial charge in [-0.2, -0.15) is 0 Å². The van der Waals surface area contributed by atoms with E-state index in [1.807, 2.05) is 4.90 Å². The van der Waals surface area contributed by atoms with Crippen molar-refractivity contribution in [1.29, 1.82) is 0 Å². The van der Waals surface area contributed by atoms with Crippen LogP contribution in [0.15, 0.2) is 0 Å². The van der Waals surface area contributed by atoms with Crippen LogP contribution in [0.25, 0.3) is 0 Å². The number of hydrogen-bond acceptors (Lipinski definition) is 2. The highest BCUT2D eigenvalue weighted by molar-refractivity contribution is 6.07. The van der Waals surface area contributed by atoms with Crippen LogP contribution in [0.1, 0.15) is 71.1 Å². The molecule has 4 heteroatoms. The number of nitrogens with one attached hydrogen (secondary N) is 1. The molecule has 4 nitrogen and oxygen atoms in total. The Morgan fingerprint density at radius 1 is 1.05 bits per heavy atom. The average Bonchev–Trinajstić information content (AvgIpc) is 2.60. The van der Waals surface area contributed by atoms with Gasteiger partial charge in [-0.15, -0.1) is 0 Å². The van der Waals surface area contributed by atoms with Gasteiger partial charge in [-0.1, -0.05) is 51.9 Å². The van der Waals surface area contributed by atoms with Gasteiger partial charge in [0.1, 0.15) is 5.54 Å². The molecule has 19 heavy (non-hydrogen) atoms. The summed E-state index contributed by atoms with van der Waals surface area (Å²) in [4.78, 5) is 26.1. The van der Waals surface area contributed by atoms with Gasteiger partial charge in [-0.25, -0.2) is 4.79 Å². The van der Waals surface area contributed by atoms with Crippen molar-refractivity contribution in [1.82, 2.24) is 10.2 Å². The van der Waals surface area contributed by atoms with Crippen molar-refractivity contribution in [2.24, 2.45) is 0 Å². The summed E-state index contributed by atoms with van der Waals surface area (Å²) in [5.74, 6) is -0.0464. The normalized spacial score (nSPS) is 22.7. The van der Waals surface area contributed by atoms with Crippen LogP contribution in [-0.2, 0) is 4.79 Å². The molecular formula is C15H26N2O2. The van der Waals surface area contributed by atoms with Crippen molar-refractivity contribution in [2.75, 3.05) is 6.54 Å². The number of imide groups is 1. The fourth-order valence-electron chi connectivity index (χ4n) is 3.42. The van der Waals surface area contributed by atoms with Gasteiger partial charge in [0.05, 0.1) is 0 Å². The highest BCUT2D eigenvalue weighted by Crippen LogP contribution is 2.36. The molecule has 2 rings (SSSR count). The standard InChI is InChI=1S/C15H26N2O2/c1-2-3-4-9-12-17-14(19)16-13(18)15(17)10-7-5-6-8-11-15/h2-12H2,1H3,(H,16,18,19). The number of nitrogens with zero attached hydrogens (tertiary/aromatic N) is 1. The van der Waals surface area contributed by atoms with Crippen LogP contribution in [0.3, 0.4) is 0 Å². The summed E-state index contributed by atoms with van der Waals surface area (Å²) in [6, 6.07) is -0.164. The van der Waals surface area contributed by atoms with E-state index in [-0.39, 0.29) is 11.9 Å². The Kier molecular flexibility index (Phi) is 4.83. The lowest BCUT2D eigenvalue weighted by Crippen LogP contribution is -2.49. The van der Waals surface area contributed by atoms with Gasteiger partial charge < -0.3 is 4.90 Å². The van der Waals surface area contributed by atoms with Crippen molar-refractivity contribution < 1.29 is 9.59 Å². The molecule has 1 spiro atoms. The Balaban J connectivity index is 2.04. The zero-order valence-corrected chi connectivity index (χ0v) is 12.0. The Bertz CT molecular complexity index is 333. The first kappa shape index (κ1) is 14.4. The Labute approximate surface area is 115 Å². The molecule has 1 aliphatic heterocycles. The van der Waals surface area contributed by atoms with Gasteiger partial charge >= 0.3 is 6.03 Å². The minimum absolute atomic E-state index is 0.0464. The number of hydrogen-bond donors (Lipinski definition) is 1. The van der Waals surface area contributed by atoms with Crippen LogP contribution in [0.4, 0.5) is 4.79 Å². The second-order valence-corrected chi connectivity index (χ2v) is 5.92. The predicted octanol–water partition coefficient (Wildman–Crippen LogP) is 3.21. The molecule has 1 aliphatic carbocycles. The first-order valence-electron chi connectivity index (χ1n) is 7.84. The maximum Gasteiger partial charge on any atom is 0.325 e. The molecule has 3 amide bonds. The van der Waals surface area contributed by atoms with Crippen molar-refractivity contribution in [3.8, 4) is 0 Å². The molecule has 1 N–H and O–H groups in total. The maximum absolute atomic E-state index is 12.2. The van der Waals surface area contributed by atoms with Crippen LogP contribution in [0.2, 0.25) is 0 Å². The largest absolute Gasteiger partial charge is 0.325 e. The summed E-state index contributed by atoms with van der Waals surface area (Å²) in [6.45, 7) is 2.91. The van der Waals surface area contributed by atoms with Gasteiger partial charge in [-0.05, 0) is 19.3 Å². The average molecular weight is 266 g/mol. The highest BCUT2D eigenvalue weighted by Gasteiger charge is 2.51. The summed E-state index contributed by atoms with van der Waals surface area (Å²) in [6.07, 6.45) is 10.7. The number of amides is 3. The zero-order valence-electron chi connectivity index (χ0n) is 12.0. The predicted molar refractivity (Wildman–Crippen MR) is 74.8 cm³/mol. The van der Waals surface area contributed by atoms with E-state index in [0.717, 1.165) is 45.1 Å². The van der Waals surface area contributed by atoms with Crippen molar-refractivity contribution in [2.45, 2.75) is 76.7 Å². The summed E-state index contributed by atoms with van der Waals surface area (Å²) in [7, 11) is 0. The maximum atomic E-state index is 12.2. The van der Waals surface area contributed by atoms with E-state index in [2.05, 4.69) is 12.2 Å². The lowest BCUT2D eigenvalue weighted by Gasteiger charge is -2.34. The molecule has 0 radical (unpaired) electrons. The summed E-state index contributed by atoms with van der Waals surface area (Å²) >= 11 is 0. The molecule has 108 valence electrons. The lowest BCUT2D eigenvalue weighted by atomic mass is 9.88. The van der Waals surface area contributed by atoms with Crippen molar-refractivity contribution in [3.05, 3.63) is 0 Å². The Morgan fingerprint density at radius 2 is 1.74 bits per heavy atom. The van der Waals surface area contributed by atoms with E-state index in [9.17, 15) is 9.59 Å². The first-order valence-corrected chi connectivity index (χ1v) is 7.84. The molecule has 0 atom stereocenters. The van der Waals surface area contributed by atoms with E-state index in [1.54, 1.807) is 0 Å². The second kappa shape index (κ2) is 6.40. The minimum Gasteiger partial charge on any atom is -0.310 e. The van der Waals surface area contributed by atoms with Crippen molar-refractivity contribution in [3.63, 3.8) is 0 Å². The van der Waals surface area contributed by atoms with Crippen LogP contribution < -0.4 is 5.32 Å². The lowest BCUT2D eigenvalue weighted by molar-refractivity contribution is -0.127. The number of urea groups is 1. The van der Waals surface area contributed by atoms with Crippen LogP contribution >= 0.6 is 0 Å². The van der Waals surface area contributed by atoms with Crippen LogP contribution in [0.5, 0.6) is 0 Å². The fourth-order valence-corrected chi connectivity index (χ4v) is 3.42. The third kappa shape index (κ3) is 2.93. The molecule has 0 unspecified atom stereocenters. The summed E-state index contributed by atoms with van der Waals surface area (Å²) in [5, 5.41) is 2.54. The fraction of sp³-hybridized carbons (Fsp3) is 0.867. The topological polar surface area (TPSA) is 49.4 Å². The molecule has 2 fully saturated rings. The SMILES string of the molecule is CCCCCCN1C(=O)NC(=O)C12CCCCCC2. The highest BCUT2D eigenvalue weighted by atomic mass is 16.2. The quantitative estimate of drug-likeness (QED) is 0.613. The third-order valence-corrected chi connectivity index (χ3v) is 4.57. The van der Waals surface area contributed by atoms with Crippen molar-refractivity contribution >= 4 is 11.9 Å². The number of carbonyl (C=O) groups is 2. The zero-order chi connectivity index (χ0) is 13.7. The van der Waals surface area contributed by atoms with E-state index in [4.69, 9.17) is 0 Å². The Morgan fingerprint density at radius 3 is 2.37 bits per heavy atom. The summed E-state index contributed by atoms with van der Waals surface area (Å²) in [5.41, 5.74) is -0.514. The van der Waals surface area contributed by atoms with Gasteiger partial charge in [0, 0.05) is 6.54 Å². The van der Waals surface area contributed by atoms with Gasteiger partial charge in [0.15, 0.2) is 0 Å². The molecular weight excluding hydrogens is 240 g/mol. The van der Waals surface area contributed by atoms with Crippen LogP contribution in [-0.4, -0.2) is 28.9 Å². The number of carbonyl (C=O) groups excluding carboxylic acids is 2. The monoisotopic (exact) mass is 266 g/mol. The molecule has 2 aliphatic rings. The Hall–Kier alpha value is -1.06. The van der Waals surface area contributed by atoms with E-state index < -0.39 is 5.54 Å². The number of rotatable bonds is 5. The summed E-state index contributed by atoms with van der Waals surface area (Å²) < 4.78 is 0. The van der Waals surface area contributed by atoms with E-state index >= 15 is 0 Å². The van der Waals surface area contributed by atoms with Gasteiger partial charge in [0.25, 0.3) is 5.91 Å².